The summed E-state index contributed by atoms with van der Waals surface area (Å²) >= 11 is 0. The number of hydrogen-bond acceptors (Lipinski definition) is 3. The summed E-state index contributed by atoms with van der Waals surface area (Å²) in [6.45, 7) is 3.37. The number of hydrogen-bond donors (Lipinski definition) is 3. The topological polar surface area (TPSA) is 92.4 Å². The standard InChI is InChI=1S/C13H18N2O3/c1-13(2,9-6-4-3-5-7-9)12(18)15-8-10(16)11(14)17/h3-7,10,16H,8H2,1-2H3,(H2,14,17)(H,15,18). The van der Waals surface area contributed by atoms with Crippen molar-refractivity contribution >= 4 is 11.8 Å². The Labute approximate surface area is 106 Å². The number of aliphatic hydroxyl groups is 1. The zero-order valence-electron chi connectivity index (χ0n) is 10.5. The summed E-state index contributed by atoms with van der Waals surface area (Å²) < 4.78 is 0. The third kappa shape index (κ3) is 3.30. The lowest BCUT2D eigenvalue weighted by atomic mass is 9.84. The number of rotatable bonds is 5. The fourth-order valence-corrected chi connectivity index (χ4v) is 1.50. The van der Waals surface area contributed by atoms with Crippen LogP contribution in [0.4, 0.5) is 0 Å². The maximum absolute atomic E-state index is 12.0. The van der Waals surface area contributed by atoms with Gasteiger partial charge in [0.05, 0.1) is 12.0 Å². The number of benzene rings is 1. The van der Waals surface area contributed by atoms with Gasteiger partial charge >= 0.3 is 0 Å². The van der Waals surface area contributed by atoms with Crippen LogP contribution in [-0.4, -0.2) is 29.6 Å². The first-order chi connectivity index (χ1) is 8.35. The van der Waals surface area contributed by atoms with E-state index in [-0.39, 0.29) is 12.5 Å². The van der Waals surface area contributed by atoms with Crippen molar-refractivity contribution in [1.82, 2.24) is 5.32 Å². The van der Waals surface area contributed by atoms with Crippen molar-refractivity contribution < 1.29 is 14.7 Å². The lowest BCUT2D eigenvalue weighted by molar-refractivity contribution is -0.128. The van der Waals surface area contributed by atoms with Gasteiger partial charge in [0.15, 0.2) is 0 Å². The molecule has 0 radical (unpaired) electrons. The molecule has 5 heteroatoms. The van der Waals surface area contributed by atoms with Crippen LogP contribution >= 0.6 is 0 Å². The second kappa shape index (κ2) is 5.64. The first kappa shape index (κ1) is 14.2. The number of nitrogens with two attached hydrogens (primary N) is 1. The molecule has 2 amide bonds. The van der Waals surface area contributed by atoms with Gasteiger partial charge in [0.1, 0.15) is 6.10 Å². The van der Waals surface area contributed by atoms with Gasteiger partial charge in [-0.15, -0.1) is 0 Å². The van der Waals surface area contributed by atoms with E-state index < -0.39 is 17.4 Å². The molecule has 1 aromatic rings. The molecule has 1 atom stereocenters. The second-order valence-electron chi connectivity index (χ2n) is 4.62. The van der Waals surface area contributed by atoms with Gasteiger partial charge in [-0.2, -0.15) is 0 Å². The molecule has 1 rings (SSSR count). The van der Waals surface area contributed by atoms with Crippen molar-refractivity contribution in [3.8, 4) is 0 Å². The SMILES string of the molecule is CC(C)(C(=O)NCC(O)C(N)=O)c1ccccc1. The highest BCUT2D eigenvalue weighted by Crippen LogP contribution is 2.22. The van der Waals surface area contributed by atoms with Crippen molar-refractivity contribution in [2.75, 3.05) is 6.54 Å². The molecule has 0 bridgehead atoms. The summed E-state index contributed by atoms with van der Waals surface area (Å²) in [7, 11) is 0. The van der Waals surface area contributed by atoms with Crippen LogP contribution < -0.4 is 11.1 Å². The van der Waals surface area contributed by atoms with Crippen LogP contribution in [-0.2, 0) is 15.0 Å². The molecule has 0 aliphatic heterocycles. The molecule has 0 spiro atoms. The first-order valence-electron chi connectivity index (χ1n) is 5.67. The van der Waals surface area contributed by atoms with Crippen molar-refractivity contribution in [3.05, 3.63) is 35.9 Å². The van der Waals surface area contributed by atoms with E-state index in [1.54, 1.807) is 13.8 Å². The molecule has 0 saturated carbocycles. The Bertz CT molecular complexity index is 429. The van der Waals surface area contributed by atoms with Crippen molar-refractivity contribution in [3.63, 3.8) is 0 Å². The number of primary amides is 1. The molecule has 0 aliphatic rings. The summed E-state index contributed by atoms with van der Waals surface area (Å²) in [6, 6.07) is 9.27. The molecule has 0 fully saturated rings. The molecule has 1 aromatic carbocycles. The van der Waals surface area contributed by atoms with Crippen LogP contribution in [0.1, 0.15) is 19.4 Å². The van der Waals surface area contributed by atoms with Crippen LogP contribution in [0.15, 0.2) is 30.3 Å². The van der Waals surface area contributed by atoms with Gasteiger partial charge in [0.2, 0.25) is 11.8 Å². The minimum absolute atomic E-state index is 0.176. The molecule has 18 heavy (non-hydrogen) atoms. The number of carbonyl (C=O) groups excluding carboxylic acids is 2. The summed E-state index contributed by atoms with van der Waals surface area (Å²) in [4.78, 5) is 22.7. The Morgan fingerprint density at radius 1 is 1.33 bits per heavy atom. The maximum atomic E-state index is 12.0. The molecular weight excluding hydrogens is 232 g/mol. The number of amides is 2. The predicted octanol–water partition coefficient (Wildman–Crippen LogP) is -0.0734. The molecule has 98 valence electrons. The Kier molecular flexibility index (Phi) is 4.44. The van der Waals surface area contributed by atoms with E-state index in [0.717, 1.165) is 5.56 Å². The van der Waals surface area contributed by atoms with Gasteiger partial charge in [0, 0.05) is 0 Å². The summed E-state index contributed by atoms with van der Waals surface area (Å²) in [5.74, 6) is -1.12. The number of carbonyl (C=O) groups is 2. The van der Waals surface area contributed by atoms with Crippen LogP contribution in [0.5, 0.6) is 0 Å². The normalized spacial score (nSPS) is 12.8. The third-order valence-corrected chi connectivity index (χ3v) is 2.85. The summed E-state index contributed by atoms with van der Waals surface area (Å²) in [5.41, 5.74) is 5.02. The minimum Gasteiger partial charge on any atom is -0.381 e. The van der Waals surface area contributed by atoms with Crippen LogP contribution in [0.3, 0.4) is 0 Å². The van der Waals surface area contributed by atoms with Crippen molar-refractivity contribution in [2.45, 2.75) is 25.4 Å². The van der Waals surface area contributed by atoms with Gasteiger partial charge in [-0.05, 0) is 19.4 Å². The Morgan fingerprint density at radius 3 is 2.39 bits per heavy atom. The van der Waals surface area contributed by atoms with Gasteiger partial charge in [-0.1, -0.05) is 30.3 Å². The van der Waals surface area contributed by atoms with Gasteiger partial charge in [0.25, 0.3) is 0 Å². The predicted molar refractivity (Wildman–Crippen MR) is 67.7 cm³/mol. The number of nitrogens with one attached hydrogen (secondary N) is 1. The van der Waals surface area contributed by atoms with E-state index in [4.69, 9.17) is 5.73 Å². The zero-order chi connectivity index (χ0) is 13.8. The zero-order valence-corrected chi connectivity index (χ0v) is 10.5. The lowest BCUT2D eigenvalue weighted by Crippen LogP contribution is -2.46. The van der Waals surface area contributed by atoms with Crippen molar-refractivity contribution in [1.29, 1.82) is 0 Å². The van der Waals surface area contributed by atoms with E-state index in [2.05, 4.69) is 5.32 Å². The van der Waals surface area contributed by atoms with E-state index in [0.29, 0.717) is 0 Å². The fraction of sp³-hybridized carbons (Fsp3) is 0.385. The highest BCUT2D eigenvalue weighted by atomic mass is 16.3. The van der Waals surface area contributed by atoms with Crippen LogP contribution in [0, 0.1) is 0 Å². The Balaban J connectivity index is 2.69. The van der Waals surface area contributed by atoms with E-state index >= 15 is 0 Å². The number of aliphatic hydroxyl groups excluding tert-OH is 1. The molecule has 5 nitrogen and oxygen atoms in total. The third-order valence-electron chi connectivity index (χ3n) is 2.85. The lowest BCUT2D eigenvalue weighted by Gasteiger charge is -2.24. The largest absolute Gasteiger partial charge is 0.381 e. The highest BCUT2D eigenvalue weighted by Gasteiger charge is 2.29. The van der Waals surface area contributed by atoms with Gasteiger partial charge in [-0.3, -0.25) is 9.59 Å². The van der Waals surface area contributed by atoms with Gasteiger partial charge < -0.3 is 16.2 Å². The maximum Gasteiger partial charge on any atom is 0.248 e. The smallest absolute Gasteiger partial charge is 0.248 e. The quantitative estimate of drug-likeness (QED) is 0.682. The Hall–Kier alpha value is -1.88. The average molecular weight is 250 g/mol. The molecule has 0 aromatic heterocycles. The molecule has 4 N–H and O–H groups in total. The van der Waals surface area contributed by atoms with E-state index in [1.165, 1.54) is 0 Å². The summed E-state index contributed by atoms with van der Waals surface area (Å²) in [5, 5.41) is 11.7. The van der Waals surface area contributed by atoms with Gasteiger partial charge in [-0.25, -0.2) is 0 Å². The monoisotopic (exact) mass is 250 g/mol. The van der Waals surface area contributed by atoms with Crippen molar-refractivity contribution in [2.24, 2.45) is 5.73 Å². The van der Waals surface area contributed by atoms with E-state index in [1.807, 2.05) is 30.3 Å². The van der Waals surface area contributed by atoms with Crippen LogP contribution in [0.2, 0.25) is 0 Å². The highest BCUT2D eigenvalue weighted by molar-refractivity contribution is 5.88. The molecule has 0 aliphatic carbocycles. The van der Waals surface area contributed by atoms with Crippen LogP contribution in [0.25, 0.3) is 0 Å². The Morgan fingerprint density at radius 2 is 1.89 bits per heavy atom. The molecule has 0 heterocycles. The minimum atomic E-state index is -1.36. The first-order valence-corrected chi connectivity index (χ1v) is 5.67. The molecular formula is C13H18N2O3. The van der Waals surface area contributed by atoms with E-state index in [9.17, 15) is 14.7 Å². The molecule has 1 unspecified atom stereocenters. The second-order valence-corrected chi connectivity index (χ2v) is 4.62. The average Bonchev–Trinajstić information content (AvgIpc) is 2.36. The molecule has 0 saturated heterocycles. The summed E-state index contributed by atoms with van der Waals surface area (Å²) in [6.07, 6.45) is -1.36. The fourth-order valence-electron chi connectivity index (χ4n) is 1.50.